The van der Waals surface area contributed by atoms with Gasteiger partial charge in [0.15, 0.2) is 0 Å². The van der Waals surface area contributed by atoms with Crippen LogP contribution in [0.5, 0.6) is 5.75 Å². The minimum absolute atomic E-state index is 0.0509. The molecule has 34 heavy (non-hydrogen) atoms. The summed E-state index contributed by atoms with van der Waals surface area (Å²) in [6, 6.07) is 16.1. The van der Waals surface area contributed by atoms with Crippen LogP contribution in [-0.4, -0.2) is 23.3 Å². The number of aromatic nitrogens is 1. The number of nitriles is 1. The summed E-state index contributed by atoms with van der Waals surface area (Å²) in [7, 11) is 0. The number of halogens is 3. The van der Waals surface area contributed by atoms with Crippen molar-refractivity contribution in [3.05, 3.63) is 71.3 Å². The first kappa shape index (κ1) is 25.1. The fourth-order valence-corrected chi connectivity index (χ4v) is 3.90. The predicted octanol–water partition coefficient (Wildman–Crippen LogP) is 6.47. The van der Waals surface area contributed by atoms with Crippen molar-refractivity contribution in [3.63, 3.8) is 0 Å². The fraction of sp³-hybridized carbons (Fsp3) is 0.240. The molecule has 0 aliphatic carbocycles. The van der Waals surface area contributed by atoms with Gasteiger partial charge in [-0.2, -0.15) is 18.4 Å². The van der Waals surface area contributed by atoms with E-state index in [1.807, 2.05) is 19.9 Å². The minimum atomic E-state index is -4.76. The highest BCUT2D eigenvalue weighted by Gasteiger charge is 2.36. The second-order valence-corrected chi connectivity index (χ2v) is 8.39. The van der Waals surface area contributed by atoms with Gasteiger partial charge in [-0.1, -0.05) is 30.8 Å². The van der Waals surface area contributed by atoms with E-state index < -0.39 is 23.2 Å². The molecule has 3 rings (SSSR count). The first-order valence-corrected chi connectivity index (χ1v) is 11.4. The van der Waals surface area contributed by atoms with Crippen LogP contribution < -0.4 is 10.1 Å². The Morgan fingerprint density at radius 2 is 1.91 bits per heavy atom. The lowest BCUT2D eigenvalue weighted by molar-refractivity contribution is -0.138. The maximum Gasteiger partial charge on any atom is 0.417 e. The molecule has 1 heterocycles. The Morgan fingerprint density at radius 3 is 2.53 bits per heavy atom. The molecule has 0 bridgehead atoms. The maximum atomic E-state index is 13.8. The van der Waals surface area contributed by atoms with E-state index in [0.29, 0.717) is 23.6 Å². The Morgan fingerprint density at radius 1 is 1.18 bits per heavy atom. The number of benzene rings is 2. The number of hydrogen-bond donors (Lipinski definition) is 1. The Hall–Kier alpha value is -3.51. The number of carbonyl (C=O) groups is 1. The van der Waals surface area contributed by atoms with Crippen LogP contribution in [0.25, 0.3) is 11.3 Å². The largest absolute Gasteiger partial charge is 0.494 e. The molecule has 0 unspecified atom stereocenters. The molecule has 2 aromatic carbocycles. The van der Waals surface area contributed by atoms with Gasteiger partial charge in [0.25, 0.3) is 0 Å². The highest BCUT2D eigenvalue weighted by molar-refractivity contribution is 8.00. The number of ether oxygens (including phenoxy) is 1. The van der Waals surface area contributed by atoms with E-state index in [1.165, 1.54) is 0 Å². The van der Waals surface area contributed by atoms with Crippen LogP contribution in [0.1, 0.15) is 30.0 Å². The van der Waals surface area contributed by atoms with Crippen molar-refractivity contribution in [1.29, 1.82) is 5.26 Å². The Labute approximate surface area is 200 Å². The average Bonchev–Trinajstić information content (AvgIpc) is 2.80. The van der Waals surface area contributed by atoms with Crippen LogP contribution in [0, 0.1) is 18.3 Å². The summed E-state index contributed by atoms with van der Waals surface area (Å²) in [5.41, 5.74) is 0.321. The van der Waals surface area contributed by atoms with Crippen molar-refractivity contribution in [2.75, 3.05) is 17.7 Å². The molecule has 1 N–H and O–H groups in total. The zero-order chi connectivity index (χ0) is 24.7. The molecule has 0 aliphatic rings. The molecule has 5 nitrogen and oxygen atoms in total. The number of nitrogens with zero attached hydrogens (tertiary/aromatic N) is 2. The van der Waals surface area contributed by atoms with Crippen molar-refractivity contribution in [2.24, 2.45) is 0 Å². The zero-order valence-electron chi connectivity index (χ0n) is 18.6. The van der Waals surface area contributed by atoms with Crippen molar-refractivity contribution in [1.82, 2.24) is 4.98 Å². The van der Waals surface area contributed by atoms with Gasteiger partial charge in [0, 0.05) is 11.3 Å². The van der Waals surface area contributed by atoms with Gasteiger partial charge >= 0.3 is 6.18 Å². The molecule has 9 heteroatoms. The monoisotopic (exact) mass is 485 g/mol. The molecule has 0 radical (unpaired) electrons. The number of anilines is 1. The van der Waals surface area contributed by atoms with Gasteiger partial charge in [0.2, 0.25) is 5.91 Å². The van der Waals surface area contributed by atoms with Gasteiger partial charge in [-0.3, -0.25) is 4.79 Å². The molecule has 1 aromatic heterocycles. The normalized spacial score (nSPS) is 11.1. The third-order valence-corrected chi connectivity index (χ3v) is 5.64. The molecule has 0 fully saturated rings. The summed E-state index contributed by atoms with van der Waals surface area (Å²) in [4.78, 5) is 16.7. The SMILES string of the molecule is CCCOc1ccc(-c2cc(C(F)(F)F)c(C#N)c(SCC(=O)Nc3cccc(C)c3)n2)cc1. The number of aryl methyl sites for hydroxylation is 1. The Bertz CT molecular complexity index is 1210. The van der Waals surface area contributed by atoms with Crippen LogP contribution in [0.15, 0.2) is 59.6 Å². The van der Waals surface area contributed by atoms with E-state index in [0.717, 1.165) is 29.8 Å². The second-order valence-electron chi connectivity index (χ2n) is 7.42. The van der Waals surface area contributed by atoms with Gasteiger partial charge in [-0.05, 0) is 61.4 Å². The number of carbonyl (C=O) groups excluding carboxylic acids is 1. The summed E-state index contributed by atoms with van der Waals surface area (Å²) < 4.78 is 46.8. The van der Waals surface area contributed by atoms with E-state index in [4.69, 9.17) is 4.74 Å². The molecule has 0 saturated carbocycles. The number of thioether (sulfide) groups is 1. The smallest absolute Gasteiger partial charge is 0.417 e. The van der Waals surface area contributed by atoms with E-state index in [-0.39, 0.29) is 16.5 Å². The first-order chi connectivity index (χ1) is 16.2. The predicted molar refractivity (Wildman–Crippen MR) is 126 cm³/mol. The standard InChI is InChI=1S/C25H22F3N3O2S/c1-3-11-33-19-9-7-17(8-10-19)22-13-21(25(26,27)28)20(14-29)24(31-22)34-15-23(32)30-18-6-4-5-16(2)12-18/h4-10,12-13H,3,11,15H2,1-2H3,(H,30,32). The molecule has 0 aliphatic heterocycles. The number of hydrogen-bond acceptors (Lipinski definition) is 5. The third kappa shape index (κ3) is 6.51. The molecule has 1 amide bonds. The average molecular weight is 486 g/mol. The van der Waals surface area contributed by atoms with Gasteiger partial charge in [0.1, 0.15) is 16.8 Å². The zero-order valence-corrected chi connectivity index (χ0v) is 19.4. The number of alkyl halides is 3. The lowest BCUT2D eigenvalue weighted by Gasteiger charge is -2.14. The van der Waals surface area contributed by atoms with Crippen molar-refractivity contribution in [3.8, 4) is 23.1 Å². The van der Waals surface area contributed by atoms with Crippen LogP contribution in [-0.2, 0) is 11.0 Å². The maximum absolute atomic E-state index is 13.8. The summed E-state index contributed by atoms with van der Waals surface area (Å²) in [6.07, 6.45) is -3.93. The minimum Gasteiger partial charge on any atom is -0.494 e. The molecule has 0 atom stereocenters. The fourth-order valence-electron chi connectivity index (χ4n) is 3.10. The number of rotatable bonds is 8. The number of nitrogens with one attached hydrogen (secondary N) is 1. The van der Waals surface area contributed by atoms with Gasteiger partial charge in [0.05, 0.1) is 29.2 Å². The highest BCUT2D eigenvalue weighted by atomic mass is 32.2. The van der Waals surface area contributed by atoms with Gasteiger partial charge in [-0.15, -0.1) is 0 Å². The van der Waals surface area contributed by atoms with E-state index >= 15 is 0 Å². The quantitative estimate of drug-likeness (QED) is 0.370. The van der Waals surface area contributed by atoms with Crippen molar-refractivity contribution in [2.45, 2.75) is 31.5 Å². The van der Waals surface area contributed by atoms with Crippen molar-refractivity contribution < 1.29 is 22.7 Å². The Balaban J connectivity index is 1.89. The molecule has 0 saturated heterocycles. The lowest BCUT2D eigenvalue weighted by atomic mass is 10.1. The highest BCUT2D eigenvalue weighted by Crippen LogP contribution is 2.38. The number of pyridine rings is 1. The first-order valence-electron chi connectivity index (χ1n) is 10.5. The molecule has 176 valence electrons. The van der Waals surface area contributed by atoms with Crippen LogP contribution in [0.4, 0.5) is 18.9 Å². The lowest BCUT2D eigenvalue weighted by Crippen LogP contribution is -2.15. The summed E-state index contributed by atoms with van der Waals surface area (Å²) in [5.74, 6) is -0.0319. The summed E-state index contributed by atoms with van der Waals surface area (Å²) in [5, 5.41) is 12.0. The van der Waals surface area contributed by atoms with Crippen LogP contribution in [0.2, 0.25) is 0 Å². The molecular formula is C25H22F3N3O2S. The second kappa shape index (κ2) is 11.1. The molecule has 0 spiro atoms. The van der Waals surface area contributed by atoms with E-state index in [9.17, 15) is 23.2 Å². The third-order valence-electron chi connectivity index (χ3n) is 4.67. The van der Waals surface area contributed by atoms with Crippen LogP contribution in [0.3, 0.4) is 0 Å². The van der Waals surface area contributed by atoms with E-state index in [2.05, 4.69) is 10.3 Å². The Kier molecular flexibility index (Phi) is 8.18. The summed E-state index contributed by atoms with van der Waals surface area (Å²) >= 11 is 0.786. The molecular weight excluding hydrogens is 463 g/mol. The summed E-state index contributed by atoms with van der Waals surface area (Å²) in [6.45, 7) is 4.37. The number of amides is 1. The van der Waals surface area contributed by atoms with Crippen molar-refractivity contribution >= 4 is 23.4 Å². The topological polar surface area (TPSA) is 75.0 Å². The van der Waals surface area contributed by atoms with Crippen LogP contribution >= 0.6 is 11.8 Å². The molecule has 3 aromatic rings. The van der Waals surface area contributed by atoms with Gasteiger partial charge < -0.3 is 10.1 Å². The van der Waals surface area contributed by atoms with Gasteiger partial charge in [-0.25, -0.2) is 4.98 Å². The van der Waals surface area contributed by atoms with E-state index in [1.54, 1.807) is 48.5 Å².